The van der Waals surface area contributed by atoms with E-state index in [1.54, 1.807) is 23.5 Å². The summed E-state index contributed by atoms with van der Waals surface area (Å²) in [6.45, 7) is 0. The molecule has 1 heterocycles. The van der Waals surface area contributed by atoms with Crippen LogP contribution in [0.1, 0.15) is 11.1 Å². The molecule has 0 atom stereocenters. The number of benzene rings is 2. The first-order chi connectivity index (χ1) is 9.33. The van der Waals surface area contributed by atoms with Crippen LogP contribution in [0, 0.1) is 0 Å². The maximum atomic E-state index is 6.16. The van der Waals surface area contributed by atoms with Gasteiger partial charge in [0.2, 0.25) is 0 Å². The zero-order valence-electron chi connectivity index (χ0n) is 10.2. The molecule has 0 amide bonds. The number of thioether (sulfide) groups is 2. The minimum absolute atomic E-state index is 0.830. The summed E-state index contributed by atoms with van der Waals surface area (Å²) in [5.74, 6) is 1.87. The van der Waals surface area contributed by atoms with Crippen molar-refractivity contribution >= 4 is 45.2 Å². The Morgan fingerprint density at radius 3 is 2.79 bits per heavy atom. The average Bonchev–Trinajstić information content (AvgIpc) is 2.46. The Balaban J connectivity index is 1.72. The summed E-state index contributed by atoms with van der Waals surface area (Å²) in [7, 11) is 0. The molecule has 19 heavy (non-hydrogen) atoms. The molecule has 0 N–H and O–H groups in total. The molecule has 3 rings (SSSR count). The summed E-state index contributed by atoms with van der Waals surface area (Å²) >= 11 is 9.72. The van der Waals surface area contributed by atoms with Gasteiger partial charge in [-0.2, -0.15) is 0 Å². The number of hydrogen-bond acceptors (Lipinski definition) is 3. The van der Waals surface area contributed by atoms with E-state index in [4.69, 9.17) is 11.6 Å². The van der Waals surface area contributed by atoms with Crippen LogP contribution in [-0.2, 0) is 11.5 Å². The summed E-state index contributed by atoms with van der Waals surface area (Å²) in [4.78, 5) is 4.69. The first-order valence-electron chi connectivity index (χ1n) is 5.98. The zero-order valence-corrected chi connectivity index (χ0v) is 12.6. The molecule has 1 aliphatic rings. The summed E-state index contributed by atoms with van der Waals surface area (Å²) in [6.07, 6.45) is 0. The molecule has 0 saturated heterocycles. The quantitative estimate of drug-likeness (QED) is 0.725. The monoisotopic (exact) mass is 305 g/mol. The fourth-order valence-corrected chi connectivity index (χ4v) is 4.19. The van der Waals surface area contributed by atoms with Crippen molar-refractivity contribution in [1.82, 2.24) is 0 Å². The Morgan fingerprint density at radius 1 is 1.11 bits per heavy atom. The van der Waals surface area contributed by atoms with Crippen LogP contribution in [0.4, 0.5) is 5.69 Å². The second kappa shape index (κ2) is 6.04. The highest BCUT2D eigenvalue weighted by molar-refractivity contribution is 8.38. The second-order valence-electron chi connectivity index (χ2n) is 4.18. The van der Waals surface area contributed by atoms with Crippen molar-refractivity contribution in [2.24, 2.45) is 4.99 Å². The highest BCUT2D eigenvalue weighted by Gasteiger charge is 2.12. The highest BCUT2D eigenvalue weighted by Crippen LogP contribution is 2.36. The predicted molar refractivity (Wildman–Crippen MR) is 87.6 cm³/mol. The van der Waals surface area contributed by atoms with Gasteiger partial charge in [0.15, 0.2) is 0 Å². The van der Waals surface area contributed by atoms with E-state index < -0.39 is 0 Å². The third-order valence-electron chi connectivity index (χ3n) is 2.86. The third-order valence-corrected chi connectivity index (χ3v) is 5.53. The molecule has 0 spiro atoms. The molecule has 2 aromatic rings. The molecule has 96 valence electrons. The van der Waals surface area contributed by atoms with Crippen molar-refractivity contribution in [3.05, 3.63) is 64.7 Å². The van der Waals surface area contributed by atoms with Crippen LogP contribution in [0.15, 0.2) is 53.5 Å². The number of para-hydroxylation sites is 1. The van der Waals surface area contributed by atoms with Crippen LogP contribution in [0.2, 0.25) is 5.02 Å². The minimum Gasteiger partial charge on any atom is -0.235 e. The highest BCUT2D eigenvalue weighted by atomic mass is 35.5. The molecule has 0 unspecified atom stereocenters. The summed E-state index contributed by atoms with van der Waals surface area (Å²) in [5.41, 5.74) is 3.58. The van der Waals surface area contributed by atoms with Gasteiger partial charge in [-0.1, -0.05) is 71.5 Å². The van der Waals surface area contributed by atoms with Crippen molar-refractivity contribution in [2.45, 2.75) is 11.5 Å². The Labute approximate surface area is 126 Å². The third kappa shape index (κ3) is 3.16. The van der Waals surface area contributed by atoms with E-state index in [0.717, 1.165) is 32.2 Å². The lowest BCUT2D eigenvalue weighted by atomic mass is 10.2. The molecule has 4 heteroatoms. The van der Waals surface area contributed by atoms with Gasteiger partial charge in [-0.25, -0.2) is 4.99 Å². The van der Waals surface area contributed by atoms with E-state index in [9.17, 15) is 0 Å². The molecule has 0 aromatic heterocycles. The smallest absolute Gasteiger partial charge is 0.131 e. The molecule has 1 nitrogen and oxygen atoms in total. The second-order valence-corrected chi connectivity index (χ2v) is 6.77. The molecule has 2 aromatic carbocycles. The molecule has 0 bridgehead atoms. The predicted octanol–water partition coefficient (Wildman–Crippen LogP) is 5.51. The van der Waals surface area contributed by atoms with E-state index in [0.29, 0.717) is 0 Å². The van der Waals surface area contributed by atoms with Crippen molar-refractivity contribution in [3.8, 4) is 0 Å². The standard InChI is InChI=1S/C15H12ClNS2/c16-13-7-3-1-5-11(13)9-18-15-17-14-8-4-2-6-12(14)10-19-15/h1-8H,9-10H2. The number of halogens is 1. The van der Waals surface area contributed by atoms with E-state index in [-0.39, 0.29) is 0 Å². The number of fused-ring (bicyclic) bond motifs is 1. The van der Waals surface area contributed by atoms with Gasteiger partial charge in [-0.15, -0.1) is 0 Å². The SMILES string of the molecule is Clc1ccccc1CSC1=Nc2ccccc2CS1. The lowest BCUT2D eigenvalue weighted by Gasteiger charge is -2.14. The van der Waals surface area contributed by atoms with Crippen LogP contribution < -0.4 is 0 Å². The van der Waals surface area contributed by atoms with Crippen molar-refractivity contribution in [1.29, 1.82) is 0 Å². The molecule has 0 saturated carbocycles. The van der Waals surface area contributed by atoms with Crippen molar-refractivity contribution in [3.63, 3.8) is 0 Å². The van der Waals surface area contributed by atoms with Gasteiger partial charge < -0.3 is 0 Å². The Morgan fingerprint density at radius 2 is 1.89 bits per heavy atom. The summed E-state index contributed by atoms with van der Waals surface area (Å²) in [6, 6.07) is 16.3. The van der Waals surface area contributed by atoms with E-state index in [1.165, 1.54) is 5.56 Å². The first-order valence-corrected chi connectivity index (χ1v) is 8.33. The minimum atomic E-state index is 0.830. The van der Waals surface area contributed by atoms with Crippen LogP contribution in [0.25, 0.3) is 0 Å². The normalized spacial score (nSPS) is 13.8. The summed E-state index contributed by atoms with van der Waals surface area (Å²) in [5, 5.41) is 0.830. The molecule has 0 radical (unpaired) electrons. The van der Waals surface area contributed by atoms with Crippen molar-refractivity contribution in [2.75, 3.05) is 0 Å². The fraction of sp³-hybridized carbons (Fsp3) is 0.133. The molecule has 1 aliphatic heterocycles. The number of aliphatic imine (C=N–C) groups is 1. The average molecular weight is 306 g/mol. The maximum absolute atomic E-state index is 6.16. The van der Waals surface area contributed by atoms with Crippen molar-refractivity contribution < 1.29 is 0 Å². The Hall–Kier alpha value is -0.900. The van der Waals surface area contributed by atoms with E-state index >= 15 is 0 Å². The molecular formula is C15H12ClNS2. The van der Waals surface area contributed by atoms with Gasteiger partial charge in [0.1, 0.15) is 4.38 Å². The molecular weight excluding hydrogens is 294 g/mol. The number of rotatable bonds is 2. The zero-order chi connectivity index (χ0) is 13.1. The van der Waals surface area contributed by atoms with Gasteiger partial charge in [-0.3, -0.25) is 0 Å². The van der Waals surface area contributed by atoms with E-state index in [2.05, 4.69) is 29.3 Å². The number of hydrogen-bond donors (Lipinski definition) is 0. The Kier molecular flexibility index (Phi) is 4.16. The van der Waals surface area contributed by atoms with Crippen LogP contribution in [-0.4, -0.2) is 4.38 Å². The molecule has 0 aliphatic carbocycles. The lowest BCUT2D eigenvalue weighted by Crippen LogP contribution is -1.96. The van der Waals surface area contributed by atoms with E-state index in [1.807, 2.05) is 24.3 Å². The largest absolute Gasteiger partial charge is 0.235 e. The van der Waals surface area contributed by atoms with Crippen LogP contribution in [0.5, 0.6) is 0 Å². The van der Waals surface area contributed by atoms with Crippen LogP contribution in [0.3, 0.4) is 0 Å². The first kappa shape index (κ1) is 13.1. The lowest BCUT2D eigenvalue weighted by molar-refractivity contribution is 1.36. The van der Waals surface area contributed by atoms with Gasteiger partial charge in [-0.05, 0) is 23.3 Å². The molecule has 0 fully saturated rings. The number of nitrogens with zero attached hydrogens (tertiary/aromatic N) is 1. The van der Waals surface area contributed by atoms with Gasteiger partial charge in [0, 0.05) is 16.5 Å². The fourth-order valence-electron chi connectivity index (χ4n) is 1.84. The van der Waals surface area contributed by atoms with Crippen LogP contribution >= 0.6 is 35.1 Å². The van der Waals surface area contributed by atoms with Gasteiger partial charge in [0.05, 0.1) is 5.69 Å². The van der Waals surface area contributed by atoms with Gasteiger partial charge in [0.25, 0.3) is 0 Å². The van der Waals surface area contributed by atoms with Gasteiger partial charge >= 0.3 is 0 Å². The Bertz CT molecular complexity index is 625. The maximum Gasteiger partial charge on any atom is 0.131 e. The topological polar surface area (TPSA) is 12.4 Å². The summed E-state index contributed by atoms with van der Waals surface area (Å²) < 4.78 is 1.12.